The van der Waals surface area contributed by atoms with E-state index in [1.54, 1.807) is 30.3 Å². The molecule has 0 aliphatic carbocycles. The number of para-hydroxylation sites is 1. The summed E-state index contributed by atoms with van der Waals surface area (Å²) in [6.45, 7) is 0.912. The average molecular weight is 482 g/mol. The van der Waals surface area contributed by atoms with Gasteiger partial charge in [0, 0.05) is 5.39 Å². The number of nitrogens with one attached hydrogen (secondary N) is 1. The van der Waals surface area contributed by atoms with Crippen LogP contribution < -0.4 is 19.1 Å². The predicted molar refractivity (Wildman–Crippen MR) is 128 cm³/mol. The molecular formula is C26H29N2O7+. The molecule has 2 heterocycles. The number of likely N-dealkylation sites (N-methyl/N-ethyl adjacent to an activating group) is 1. The lowest BCUT2D eigenvalue weighted by molar-refractivity contribution is -0.857. The molecule has 0 saturated carbocycles. The molecule has 1 aliphatic heterocycles. The minimum atomic E-state index is -0.878. The van der Waals surface area contributed by atoms with E-state index >= 15 is 0 Å². The zero-order chi connectivity index (χ0) is 25.3. The number of ether oxygens (including phenoxy) is 3. The first-order valence-corrected chi connectivity index (χ1v) is 11.2. The van der Waals surface area contributed by atoms with E-state index in [0.717, 1.165) is 10.3 Å². The van der Waals surface area contributed by atoms with Gasteiger partial charge in [0.2, 0.25) is 11.5 Å². The summed E-state index contributed by atoms with van der Waals surface area (Å²) in [5.74, 6) is -0.620. The average Bonchev–Trinajstić information content (AvgIpc) is 3.40. The molecule has 0 bridgehead atoms. The van der Waals surface area contributed by atoms with Crippen LogP contribution in [0.3, 0.4) is 0 Å². The smallest absolute Gasteiger partial charge is 0.290 e. The summed E-state index contributed by atoms with van der Waals surface area (Å²) in [4.78, 5) is 29.5. The Morgan fingerprint density at radius 1 is 1.06 bits per heavy atom. The number of amides is 1. The fourth-order valence-corrected chi connectivity index (χ4v) is 4.29. The van der Waals surface area contributed by atoms with E-state index in [2.05, 4.69) is 0 Å². The van der Waals surface area contributed by atoms with Gasteiger partial charge in [-0.05, 0) is 29.8 Å². The third-order valence-corrected chi connectivity index (χ3v) is 6.05. The van der Waals surface area contributed by atoms with Gasteiger partial charge in [0.25, 0.3) is 5.91 Å². The number of aliphatic hydroxyl groups is 1. The topological polar surface area (TPSA) is 103 Å². The summed E-state index contributed by atoms with van der Waals surface area (Å²) < 4.78 is 22.2. The monoisotopic (exact) mass is 481 g/mol. The quantitative estimate of drug-likeness (QED) is 0.452. The van der Waals surface area contributed by atoms with E-state index in [4.69, 9.17) is 18.6 Å². The van der Waals surface area contributed by atoms with Crippen molar-refractivity contribution in [2.24, 2.45) is 0 Å². The molecule has 1 atom stereocenters. The van der Waals surface area contributed by atoms with Gasteiger partial charge in [0.05, 0.1) is 60.1 Å². The lowest BCUT2D eigenvalue weighted by atomic mass is 9.94. The zero-order valence-corrected chi connectivity index (χ0v) is 20.4. The normalized spacial score (nSPS) is 15.9. The molecule has 1 unspecified atom stereocenters. The van der Waals surface area contributed by atoms with Crippen LogP contribution in [0.15, 0.2) is 58.2 Å². The van der Waals surface area contributed by atoms with Gasteiger partial charge in [0.1, 0.15) is 5.58 Å². The molecule has 9 heteroatoms. The van der Waals surface area contributed by atoms with Crippen LogP contribution in [0.25, 0.3) is 11.0 Å². The van der Waals surface area contributed by atoms with Crippen LogP contribution in [-0.2, 0) is 4.79 Å². The van der Waals surface area contributed by atoms with Gasteiger partial charge in [0.15, 0.2) is 23.0 Å². The standard InChI is InChI=1S/C26H28N2O7/c1-27(2)10-11-28-22(16-13-19(32-3)25(34-5)20(14-16)33-4)21(24(30)26(28)31)23(29)18-12-15-8-6-7-9-17(15)35-18/h6-9,12-14,22,30H,10-11H2,1-5H3/p+1. The number of hydrogen-bond acceptors (Lipinski definition) is 7. The van der Waals surface area contributed by atoms with Crippen LogP contribution in [0, 0.1) is 0 Å². The van der Waals surface area contributed by atoms with Gasteiger partial charge < -0.3 is 33.5 Å². The van der Waals surface area contributed by atoms with E-state index in [1.807, 2.05) is 26.2 Å². The molecule has 2 N–H and O–H groups in total. The number of aliphatic hydroxyl groups excluding tert-OH is 1. The Morgan fingerprint density at radius 2 is 1.71 bits per heavy atom. The summed E-state index contributed by atoms with van der Waals surface area (Å²) in [6.07, 6.45) is 0. The molecule has 1 aliphatic rings. The Kier molecular flexibility index (Phi) is 6.70. The van der Waals surface area contributed by atoms with Gasteiger partial charge in [-0.25, -0.2) is 0 Å². The Labute approximate surface area is 203 Å². The van der Waals surface area contributed by atoms with Crippen LogP contribution in [-0.4, -0.2) is 70.2 Å². The number of Topliss-reactive ketones (excluding diaryl/α,β-unsaturated/α-hetero) is 1. The van der Waals surface area contributed by atoms with Crippen LogP contribution >= 0.6 is 0 Å². The lowest BCUT2D eigenvalue weighted by Crippen LogP contribution is -3.06. The highest BCUT2D eigenvalue weighted by Crippen LogP contribution is 2.45. The van der Waals surface area contributed by atoms with Crippen LogP contribution in [0.2, 0.25) is 0 Å². The van der Waals surface area contributed by atoms with Crippen LogP contribution in [0.5, 0.6) is 17.2 Å². The van der Waals surface area contributed by atoms with Gasteiger partial charge in [-0.15, -0.1) is 0 Å². The summed E-state index contributed by atoms with van der Waals surface area (Å²) in [5, 5.41) is 11.7. The van der Waals surface area contributed by atoms with Crippen molar-refractivity contribution in [3.63, 3.8) is 0 Å². The molecule has 0 radical (unpaired) electrons. The second kappa shape index (κ2) is 9.71. The second-order valence-corrected chi connectivity index (χ2v) is 8.56. The van der Waals surface area contributed by atoms with Gasteiger partial charge in [-0.3, -0.25) is 9.59 Å². The van der Waals surface area contributed by atoms with Gasteiger partial charge in [-0.1, -0.05) is 18.2 Å². The van der Waals surface area contributed by atoms with Crippen LogP contribution in [0.4, 0.5) is 0 Å². The van der Waals surface area contributed by atoms with Crippen molar-refractivity contribution in [2.75, 3.05) is 48.5 Å². The maximum absolute atomic E-state index is 13.7. The summed E-state index contributed by atoms with van der Waals surface area (Å²) in [7, 11) is 8.39. The van der Waals surface area contributed by atoms with E-state index in [9.17, 15) is 14.7 Å². The van der Waals surface area contributed by atoms with Crippen molar-refractivity contribution in [2.45, 2.75) is 6.04 Å². The fourth-order valence-electron chi connectivity index (χ4n) is 4.29. The fraction of sp³-hybridized carbons (Fsp3) is 0.308. The second-order valence-electron chi connectivity index (χ2n) is 8.56. The molecule has 35 heavy (non-hydrogen) atoms. The largest absolute Gasteiger partial charge is 0.503 e. The molecule has 0 spiro atoms. The SMILES string of the molecule is COc1cc(C2C(C(=O)c3cc4ccccc4o3)=C(O)C(=O)N2CC[NH+](C)C)cc(OC)c1OC. The number of fused-ring (bicyclic) bond motifs is 1. The first kappa shape index (κ1) is 24.2. The number of carbonyl (C=O) groups excluding carboxylic acids is 2. The first-order chi connectivity index (χ1) is 16.8. The number of furan rings is 1. The predicted octanol–water partition coefficient (Wildman–Crippen LogP) is 2.18. The Balaban J connectivity index is 1.86. The molecule has 9 nitrogen and oxygen atoms in total. The van der Waals surface area contributed by atoms with Gasteiger partial charge in [-0.2, -0.15) is 0 Å². The number of methoxy groups -OCH3 is 3. The molecule has 3 aromatic rings. The molecule has 1 aromatic heterocycles. The molecule has 1 amide bonds. The third-order valence-electron chi connectivity index (χ3n) is 6.05. The number of carbonyl (C=O) groups is 2. The van der Waals surface area contributed by atoms with Crippen molar-refractivity contribution >= 4 is 22.7 Å². The summed E-state index contributed by atoms with van der Waals surface area (Å²) in [6, 6.07) is 11.3. The Bertz CT molecular complexity index is 1250. The lowest BCUT2D eigenvalue weighted by Gasteiger charge is -2.28. The maximum atomic E-state index is 13.7. The van der Waals surface area contributed by atoms with Crippen molar-refractivity contribution < 1.29 is 38.2 Å². The molecule has 184 valence electrons. The van der Waals surface area contributed by atoms with E-state index in [-0.39, 0.29) is 11.3 Å². The Morgan fingerprint density at radius 3 is 2.29 bits per heavy atom. The molecule has 2 aromatic carbocycles. The van der Waals surface area contributed by atoms with Crippen molar-refractivity contribution in [3.8, 4) is 17.2 Å². The Hall–Kier alpha value is -3.98. The number of nitrogens with zero attached hydrogens (tertiary/aromatic N) is 1. The number of quaternary nitrogens is 1. The van der Waals surface area contributed by atoms with Crippen molar-refractivity contribution in [1.29, 1.82) is 0 Å². The molecule has 4 rings (SSSR count). The molecular weight excluding hydrogens is 452 g/mol. The van der Waals surface area contributed by atoms with E-state index in [0.29, 0.717) is 41.5 Å². The number of benzene rings is 2. The molecule has 0 fully saturated rings. The highest BCUT2D eigenvalue weighted by Gasteiger charge is 2.45. The number of ketones is 1. The minimum absolute atomic E-state index is 0.0399. The number of hydrogen-bond donors (Lipinski definition) is 2. The first-order valence-electron chi connectivity index (χ1n) is 11.2. The summed E-state index contributed by atoms with van der Waals surface area (Å²) in [5.41, 5.74) is 1.01. The molecule has 0 saturated heterocycles. The highest BCUT2D eigenvalue weighted by molar-refractivity contribution is 6.16. The van der Waals surface area contributed by atoms with Gasteiger partial charge >= 0.3 is 0 Å². The number of rotatable bonds is 9. The van der Waals surface area contributed by atoms with Crippen molar-refractivity contribution in [3.05, 3.63) is 65.1 Å². The van der Waals surface area contributed by atoms with Crippen molar-refractivity contribution in [1.82, 2.24) is 4.90 Å². The van der Waals surface area contributed by atoms with E-state index in [1.165, 1.54) is 26.2 Å². The van der Waals surface area contributed by atoms with Crippen LogP contribution in [0.1, 0.15) is 22.2 Å². The third kappa shape index (κ3) is 4.30. The summed E-state index contributed by atoms with van der Waals surface area (Å²) >= 11 is 0. The zero-order valence-electron chi connectivity index (χ0n) is 20.4. The maximum Gasteiger partial charge on any atom is 0.290 e. The minimum Gasteiger partial charge on any atom is -0.503 e. The van der Waals surface area contributed by atoms with E-state index < -0.39 is 23.5 Å². The highest BCUT2D eigenvalue weighted by atomic mass is 16.5.